The van der Waals surface area contributed by atoms with Crippen molar-refractivity contribution in [1.29, 1.82) is 0 Å². The highest BCUT2D eigenvalue weighted by atomic mass is 32.1. The lowest BCUT2D eigenvalue weighted by Crippen LogP contribution is -2.61. The monoisotopic (exact) mass is 962 g/mol. The summed E-state index contributed by atoms with van der Waals surface area (Å²) in [5, 5.41) is 6.97. The minimum atomic E-state index is -0.0780. The van der Waals surface area contributed by atoms with Gasteiger partial charge in [0.05, 0.1) is 11.4 Å². The molecule has 348 valence electrons. The van der Waals surface area contributed by atoms with Crippen molar-refractivity contribution in [1.82, 2.24) is 0 Å². The molecule has 0 saturated heterocycles. The average Bonchev–Trinajstić information content (AvgIpc) is 4.08. The Morgan fingerprint density at radius 2 is 0.764 bits per heavy atom. The Morgan fingerprint density at radius 1 is 0.361 bits per heavy atom. The SMILES string of the molecule is Cc1cc2c3c(c1)N(c1ccc(C(C)(C)C)cc1-c1ccccc1)c1ccc(-c4ccc5sccc5c4)cc1B3c1cc(-c3ccc4sccc4c3)ccc1N2c1ccc(C(C)(C)C)cc1-c1ccccc1. The first-order valence-corrected chi connectivity index (χ1v) is 27.0. The highest BCUT2D eigenvalue weighted by Crippen LogP contribution is 2.50. The molecular formula is C67H55BN2S2. The molecule has 0 aliphatic carbocycles. The van der Waals surface area contributed by atoms with Crippen LogP contribution in [0.5, 0.6) is 0 Å². The van der Waals surface area contributed by atoms with Crippen LogP contribution in [0.1, 0.15) is 58.2 Å². The van der Waals surface area contributed by atoms with Gasteiger partial charge in [-0.1, -0.05) is 151 Å². The van der Waals surface area contributed by atoms with Gasteiger partial charge >= 0.3 is 0 Å². The number of hydrogen-bond acceptors (Lipinski definition) is 4. The fourth-order valence-corrected chi connectivity index (χ4v) is 12.9. The molecule has 2 aliphatic heterocycles. The summed E-state index contributed by atoms with van der Waals surface area (Å²) < 4.78 is 2.62. The summed E-state index contributed by atoms with van der Waals surface area (Å²) in [6.45, 7) is 16.1. The van der Waals surface area contributed by atoms with Crippen LogP contribution in [0, 0.1) is 6.92 Å². The summed E-state index contributed by atoms with van der Waals surface area (Å²) in [4.78, 5) is 5.22. The summed E-state index contributed by atoms with van der Waals surface area (Å²) >= 11 is 3.60. The van der Waals surface area contributed by atoms with Crippen molar-refractivity contribution in [3.8, 4) is 44.5 Å². The van der Waals surface area contributed by atoms with Crippen LogP contribution in [-0.4, -0.2) is 6.71 Å². The zero-order chi connectivity index (χ0) is 49.0. The Bertz CT molecular complexity index is 3670. The van der Waals surface area contributed by atoms with E-state index in [2.05, 4.69) is 263 Å². The van der Waals surface area contributed by atoms with E-state index in [1.807, 2.05) is 0 Å². The van der Waals surface area contributed by atoms with E-state index in [4.69, 9.17) is 0 Å². The maximum atomic E-state index is 2.61. The molecule has 0 spiro atoms. The standard InChI is InChI=1S/C67H55BN2S2/c1-42-34-61-65-62(35-42)70(58-27-23-52(67(5,6)7)41-54(58)44-16-12-9-13-17-44)60-25-19-48(46-21-29-64-50(37-46)31-33-72-64)39-56(60)68(65)55-38-47(45-20-28-63-49(36-45)30-32-71-63)18-24-59(55)69(61)57-26-22-51(66(2,3)4)40-53(57)43-14-10-8-11-15-43/h8-41H,1-7H3. The third-order valence-electron chi connectivity index (χ3n) is 15.2. The average molecular weight is 963 g/mol. The van der Waals surface area contributed by atoms with Gasteiger partial charge in [-0.05, 0) is 191 Å². The summed E-state index contributed by atoms with van der Waals surface area (Å²) in [5.74, 6) is 0. The van der Waals surface area contributed by atoms with Crippen molar-refractivity contribution in [2.75, 3.05) is 9.80 Å². The molecule has 2 nitrogen and oxygen atoms in total. The van der Waals surface area contributed by atoms with Crippen molar-refractivity contribution < 1.29 is 0 Å². The zero-order valence-electron chi connectivity index (χ0n) is 41.9. The van der Waals surface area contributed by atoms with Crippen LogP contribution in [0.25, 0.3) is 64.7 Å². The Morgan fingerprint density at radius 3 is 1.19 bits per heavy atom. The molecule has 0 amide bonds. The van der Waals surface area contributed by atoms with Crippen molar-refractivity contribution in [3.63, 3.8) is 0 Å². The van der Waals surface area contributed by atoms with Gasteiger partial charge in [-0.3, -0.25) is 0 Å². The summed E-state index contributed by atoms with van der Waals surface area (Å²) in [6.07, 6.45) is 0. The molecule has 0 radical (unpaired) electrons. The van der Waals surface area contributed by atoms with Crippen molar-refractivity contribution in [2.45, 2.75) is 59.3 Å². The number of rotatable bonds is 6. The number of anilines is 6. The number of hydrogen-bond donors (Lipinski definition) is 0. The highest BCUT2D eigenvalue weighted by Gasteiger charge is 2.44. The lowest BCUT2D eigenvalue weighted by Gasteiger charge is -2.45. The fraction of sp³-hybridized carbons (Fsp3) is 0.134. The lowest BCUT2D eigenvalue weighted by atomic mass is 9.33. The summed E-state index contributed by atoms with van der Waals surface area (Å²) in [6, 6.07) is 74.4. The van der Waals surface area contributed by atoms with Crippen molar-refractivity contribution in [2.24, 2.45) is 0 Å². The second-order valence-corrected chi connectivity index (χ2v) is 23.8. The molecule has 0 unspecified atom stereocenters. The normalized spacial score (nSPS) is 13.1. The van der Waals surface area contributed by atoms with Gasteiger partial charge in [0.2, 0.25) is 0 Å². The number of benzene rings is 9. The molecule has 5 heteroatoms. The van der Waals surface area contributed by atoms with Crippen LogP contribution < -0.4 is 26.2 Å². The van der Waals surface area contributed by atoms with Gasteiger partial charge in [-0.2, -0.15) is 0 Å². The molecule has 0 bridgehead atoms. The van der Waals surface area contributed by atoms with Gasteiger partial charge in [0.1, 0.15) is 0 Å². The van der Waals surface area contributed by atoms with Crippen LogP contribution in [0.4, 0.5) is 34.1 Å². The number of aryl methyl sites for hydroxylation is 1. The van der Waals surface area contributed by atoms with Crippen molar-refractivity contribution in [3.05, 3.63) is 222 Å². The minimum Gasteiger partial charge on any atom is -0.311 e. The number of thiophene rings is 2. The van der Waals surface area contributed by atoms with E-state index in [0.717, 1.165) is 0 Å². The largest absolute Gasteiger partial charge is 0.311 e. The van der Waals surface area contributed by atoms with Gasteiger partial charge in [0, 0.05) is 43.3 Å². The van der Waals surface area contributed by atoms with E-state index < -0.39 is 0 Å². The molecule has 2 aliphatic rings. The molecule has 4 heterocycles. The summed E-state index contributed by atoms with van der Waals surface area (Å²) in [5.41, 5.74) is 24.6. The van der Waals surface area contributed by atoms with E-state index in [-0.39, 0.29) is 17.5 Å². The number of fused-ring (bicyclic) bond motifs is 6. The predicted octanol–water partition coefficient (Wildman–Crippen LogP) is 17.8. The van der Waals surface area contributed by atoms with Crippen LogP contribution in [0.2, 0.25) is 0 Å². The smallest absolute Gasteiger partial charge is 0.252 e. The van der Waals surface area contributed by atoms with Gasteiger partial charge in [-0.25, -0.2) is 0 Å². The quantitative estimate of drug-likeness (QED) is 0.153. The second-order valence-electron chi connectivity index (χ2n) is 21.9. The maximum Gasteiger partial charge on any atom is 0.252 e. The first-order valence-electron chi connectivity index (χ1n) is 25.2. The topological polar surface area (TPSA) is 6.48 Å². The Hall–Kier alpha value is -7.44. The van der Waals surface area contributed by atoms with Gasteiger partial charge in [0.25, 0.3) is 6.71 Å². The Kier molecular flexibility index (Phi) is 10.4. The van der Waals surface area contributed by atoms with E-state index in [9.17, 15) is 0 Å². The molecule has 0 saturated carbocycles. The minimum absolute atomic E-state index is 0.0389. The predicted molar refractivity (Wildman–Crippen MR) is 315 cm³/mol. The third kappa shape index (κ3) is 7.44. The first kappa shape index (κ1) is 44.5. The molecule has 0 atom stereocenters. The molecule has 0 N–H and O–H groups in total. The van der Waals surface area contributed by atoms with E-state index in [0.29, 0.717) is 0 Å². The molecular weight excluding hydrogens is 908 g/mol. The van der Waals surface area contributed by atoms with Crippen molar-refractivity contribution >= 4 is 100 Å². The second kappa shape index (κ2) is 16.8. The molecule has 0 fully saturated rings. The van der Waals surface area contributed by atoms with Gasteiger partial charge in [0.15, 0.2) is 0 Å². The van der Waals surface area contributed by atoms with Crippen LogP contribution in [0.3, 0.4) is 0 Å². The van der Waals surface area contributed by atoms with Crippen LogP contribution >= 0.6 is 22.7 Å². The van der Waals surface area contributed by atoms with E-state index in [1.165, 1.54) is 132 Å². The summed E-state index contributed by atoms with van der Waals surface area (Å²) in [7, 11) is 0. The maximum absolute atomic E-state index is 2.61. The van der Waals surface area contributed by atoms with Gasteiger partial charge < -0.3 is 9.80 Å². The molecule has 11 aromatic rings. The molecule has 13 rings (SSSR count). The lowest BCUT2D eigenvalue weighted by molar-refractivity contribution is 0.590. The molecule has 2 aromatic heterocycles. The van der Waals surface area contributed by atoms with Crippen LogP contribution in [-0.2, 0) is 10.8 Å². The van der Waals surface area contributed by atoms with Gasteiger partial charge in [-0.15, -0.1) is 22.7 Å². The van der Waals surface area contributed by atoms with E-state index in [1.54, 1.807) is 22.7 Å². The fourth-order valence-electron chi connectivity index (χ4n) is 11.4. The molecule has 9 aromatic carbocycles. The zero-order valence-corrected chi connectivity index (χ0v) is 43.6. The molecule has 72 heavy (non-hydrogen) atoms. The van der Waals surface area contributed by atoms with Crippen LogP contribution in [0.15, 0.2) is 205 Å². The third-order valence-corrected chi connectivity index (χ3v) is 17.0. The highest BCUT2D eigenvalue weighted by molar-refractivity contribution is 7.17. The van der Waals surface area contributed by atoms with E-state index >= 15 is 0 Å². The number of nitrogens with zero attached hydrogens (tertiary/aromatic N) is 2. The Labute approximate surface area is 432 Å². The Balaban J connectivity index is 1.14. The first-order chi connectivity index (χ1) is 34.9.